The smallest absolute Gasteiger partial charge is 0.339 e. The molecule has 0 N–H and O–H groups in total. The van der Waals surface area contributed by atoms with Gasteiger partial charge in [0, 0.05) is 12.7 Å². The summed E-state index contributed by atoms with van der Waals surface area (Å²) in [4.78, 5) is 26.2. The highest BCUT2D eigenvalue weighted by Crippen LogP contribution is 2.28. The van der Waals surface area contributed by atoms with Crippen LogP contribution < -0.4 is 14.4 Å². The molecule has 132 valence electrons. The minimum atomic E-state index is -0.925. The quantitative estimate of drug-likeness (QED) is 0.755. The number of para-hydroxylation sites is 1. The van der Waals surface area contributed by atoms with Gasteiger partial charge in [0.2, 0.25) is 0 Å². The molecule has 0 bridgehead atoms. The maximum Gasteiger partial charge on any atom is 0.339 e. The highest BCUT2D eigenvalue weighted by Gasteiger charge is 2.23. The molecule has 0 fully saturated rings. The number of amides is 1. The molecule has 0 spiro atoms. The van der Waals surface area contributed by atoms with Gasteiger partial charge < -0.3 is 19.1 Å². The molecule has 0 radical (unpaired) electrons. The lowest BCUT2D eigenvalue weighted by molar-refractivity contribution is -0.126. The normalized spacial score (nSPS) is 11.4. The zero-order valence-electron chi connectivity index (χ0n) is 14.7. The van der Waals surface area contributed by atoms with Crippen LogP contribution in [0.2, 0.25) is 0 Å². The predicted octanol–water partition coefficient (Wildman–Crippen LogP) is 2.91. The van der Waals surface area contributed by atoms with Gasteiger partial charge in [-0.15, -0.1) is 0 Å². The van der Waals surface area contributed by atoms with Crippen LogP contribution in [0.5, 0.6) is 11.5 Å². The molecular weight excluding hydrogens is 322 g/mol. The summed E-state index contributed by atoms with van der Waals surface area (Å²) < 4.78 is 15.6. The summed E-state index contributed by atoms with van der Waals surface area (Å²) in [5.41, 5.74) is 1.00. The SMILES string of the molecule is COc1ccc(C(=O)O[C@@H](C)C(=O)N(C)c2ccccc2)cc1OC. The summed E-state index contributed by atoms with van der Waals surface area (Å²) in [6.45, 7) is 1.54. The number of carbonyl (C=O) groups excluding carboxylic acids is 2. The van der Waals surface area contributed by atoms with Crippen LogP contribution in [-0.2, 0) is 9.53 Å². The van der Waals surface area contributed by atoms with Crippen LogP contribution in [-0.4, -0.2) is 39.2 Å². The molecule has 0 aliphatic heterocycles. The van der Waals surface area contributed by atoms with Crippen molar-refractivity contribution in [3.8, 4) is 11.5 Å². The number of ether oxygens (including phenoxy) is 3. The number of rotatable bonds is 6. The molecule has 0 saturated heterocycles. The van der Waals surface area contributed by atoms with Gasteiger partial charge in [-0.1, -0.05) is 18.2 Å². The largest absolute Gasteiger partial charge is 0.493 e. The highest BCUT2D eigenvalue weighted by atomic mass is 16.5. The van der Waals surface area contributed by atoms with Gasteiger partial charge in [0.15, 0.2) is 17.6 Å². The molecule has 0 saturated carbocycles. The Morgan fingerprint density at radius 2 is 1.60 bits per heavy atom. The summed E-state index contributed by atoms with van der Waals surface area (Å²) >= 11 is 0. The van der Waals surface area contributed by atoms with Gasteiger partial charge in [-0.05, 0) is 37.3 Å². The fourth-order valence-electron chi connectivity index (χ4n) is 2.29. The van der Waals surface area contributed by atoms with Gasteiger partial charge in [-0.3, -0.25) is 4.79 Å². The second-order valence-electron chi connectivity index (χ2n) is 5.35. The maximum absolute atomic E-state index is 12.4. The summed E-state index contributed by atoms with van der Waals surface area (Å²) in [6, 6.07) is 13.8. The second kappa shape index (κ2) is 8.19. The van der Waals surface area contributed by atoms with Crippen molar-refractivity contribution in [3.63, 3.8) is 0 Å². The van der Waals surface area contributed by atoms with E-state index in [1.807, 2.05) is 18.2 Å². The monoisotopic (exact) mass is 343 g/mol. The fourth-order valence-corrected chi connectivity index (χ4v) is 2.29. The Morgan fingerprint density at radius 1 is 0.960 bits per heavy atom. The van der Waals surface area contributed by atoms with Crippen LogP contribution in [0.15, 0.2) is 48.5 Å². The van der Waals surface area contributed by atoms with E-state index in [1.54, 1.807) is 38.2 Å². The first-order valence-corrected chi connectivity index (χ1v) is 7.73. The zero-order valence-corrected chi connectivity index (χ0v) is 14.7. The number of hydrogen-bond acceptors (Lipinski definition) is 5. The van der Waals surface area contributed by atoms with Crippen molar-refractivity contribution in [2.24, 2.45) is 0 Å². The van der Waals surface area contributed by atoms with E-state index in [-0.39, 0.29) is 11.5 Å². The van der Waals surface area contributed by atoms with Gasteiger partial charge in [0.1, 0.15) is 0 Å². The number of methoxy groups -OCH3 is 2. The minimum Gasteiger partial charge on any atom is -0.493 e. The topological polar surface area (TPSA) is 65.1 Å². The van der Waals surface area contributed by atoms with E-state index in [4.69, 9.17) is 14.2 Å². The predicted molar refractivity (Wildman–Crippen MR) is 94.3 cm³/mol. The van der Waals surface area contributed by atoms with Gasteiger partial charge in [0.05, 0.1) is 19.8 Å². The molecule has 6 heteroatoms. The van der Waals surface area contributed by atoms with Crippen LogP contribution in [0.3, 0.4) is 0 Å². The molecular formula is C19H21NO5. The van der Waals surface area contributed by atoms with Crippen LogP contribution in [0, 0.1) is 0 Å². The van der Waals surface area contributed by atoms with Gasteiger partial charge in [-0.25, -0.2) is 4.79 Å². The summed E-state index contributed by atoms with van der Waals surface area (Å²) in [5, 5.41) is 0. The Kier molecular flexibility index (Phi) is 6.00. The van der Waals surface area contributed by atoms with Crippen molar-refractivity contribution in [1.82, 2.24) is 0 Å². The zero-order chi connectivity index (χ0) is 18.4. The van der Waals surface area contributed by atoms with Crippen molar-refractivity contribution < 1.29 is 23.8 Å². The van der Waals surface area contributed by atoms with Crippen molar-refractivity contribution in [2.45, 2.75) is 13.0 Å². The lowest BCUT2D eigenvalue weighted by atomic mass is 10.2. The molecule has 2 aromatic carbocycles. The van der Waals surface area contributed by atoms with Crippen LogP contribution in [0.4, 0.5) is 5.69 Å². The third kappa shape index (κ3) is 4.29. The van der Waals surface area contributed by atoms with Crippen molar-refractivity contribution in [3.05, 3.63) is 54.1 Å². The second-order valence-corrected chi connectivity index (χ2v) is 5.35. The average Bonchev–Trinajstić information content (AvgIpc) is 2.66. The molecule has 2 aromatic rings. The average molecular weight is 343 g/mol. The van der Waals surface area contributed by atoms with E-state index in [2.05, 4.69) is 0 Å². The molecule has 0 heterocycles. The van der Waals surface area contributed by atoms with E-state index in [1.165, 1.54) is 25.2 Å². The third-order valence-corrected chi connectivity index (χ3v) is 3.72. The van der Waals surface area contributed by atoms with Gasteiger partial charge >= 0.3 is 5.97 Å². The summed E-state index contributed by atoms with van der Waals surface area (Å²) in [6.07, 6.45) is -0.925. The number of hydrogen-bond donors (Lipinski definition) is 0. The standard InChI is InChI=1S/C19H21NO5/c1-13(18(21)20(2)15-8-6-5-7-9-15)25-19(22)14-10-11-16(23-3)17(12-14)24-4/h5-13H,1-4H3/t13-/m0/s1. The fraction of sp³-hybridized carbons (Fsp3) is 0.263. The molecule has 0 aromatic heterocycles. The number of nitrogens with zero attached hydrogens (tertiary/aromatic N) is 1. The molecule has 0 aliphatic rings. The molecule has 1 amide bonds. The van der Waals surface area contributed by atoms with Crippen molar-refractivity contribution in [2.75, 3.05) is 26.2 Å². The molecule has 25 heavy (non-hydrogen) atoms. The van der Waals surface area contributed by atoms with Crippen LogP contribution in [0.25, 0.3) is 0 Å². The van der Waals surface area contributed by atoms with Gasteiger partial charge in [0.25, 0.3) is 5.91 Å². The van der Waals surface area contributed by atoms with E-state index in [9.17, 15) is 9.59 Å². The highest BCUT2D eigenvalue weighted by molar-refractivity contribution is 5.98. The Morgan fingerprint density at radius 3 is 2.20 bits per heavy atom. The summed E-state index contributed by atoms with van der Waals surface area (Å²) in [5.74, 6) is -0.00684. The van der Waals surface area contributed by atoms with E-state index < -0.39 is 12.1 Å². The number of benzene rings is 2. The van der Waals surface area contributed by atoms with E-state index >= 15 is 0 Å². The maximum atomic E-state index is 12.4. The lowest BCUT2D eigenvalue weighted by Gasteiger charge is -2.21. The lowest BCUT2D eigenvalue weighted by Crippen LogP contribution is -2.37. The first-order chi connectivity index (χ1) is 12.0. The Hall–Kier alpha value is -3.02. The number of esters is 1. The van der Waals surface area contributed by atoms with E-state index in [0.717, 1.165) is 5.69 Å². The number of anilines is 1. The van der Waals surface area contributed by atoms with Crippen LogP contribution >= 0.6 is 0 Å². The first kappa shape index (κ1) is 18.3. The molecule has 2 rings (SSSR count). The molecule has 1 atom stereocenters. The third-order valence-electron chi connectivity index (χ3n) is 3.72. The molecule has 0 aliphatic carbocycles. The Labute approximate surface area is 146 Å². The Balaban J connectivity index is 2.08. The molecule has 0 unspecified atom stereocenters. The van der Waals surface area contributed by atoms with E-state index in [0.29, 0.717) is 11.5 Å². The molecule has 6 nitrogen and oxygen atoms in total. The van der Waals surface area contributed by atoms with Crippen LogP contribution in [0.1, 0.15) is 17.3 Å². The van der Waals surface area contributed by atoms with Crippen molar-refractivity contribution >= 4 is 17.6 Å². The first-order valence-electron chi connectivity index (χ1n) is 7.73. The Bertz CT molecular complexity index is 745. The minimum absolute atomic E-state index is 0.277. The summed E-state index contributed by atoms with van der Waals surface area (Å²) in [7, 11) is 4.63. The number of likely N-dealkylation sites (N-methyl/N-ethyl adjacent to an activating group) is 1. The van der Waals surface area contributed by atoms with Crippen molar-refractivity contribution in [1.29, 1.82) is 0 Å². The number of carbonyl (C=O) groups is 2. The van der Waals surface area contributed by atoms with Gasteiger partial charge in [-0.2, -0.15) is 0 Å².